The molecule has 1 atom stereocenters. The molecule has 0 amide bonds. The van der Waals surface area contributed by atoms with Crippen LogP contribution in [0.4, 0.5) is 0 Å². The Morgan fingerprint density at radius 2 is 2.21 bits per heavy atom. The van der Waals surface area contributed by atoms with Gasteiger partial charge in [0.1, 0.15) is 5.69 Å². The predicted octanol–water partition coefficient (Wildman–Crippen LogP) is 1.50. The van der Waals surface area contributed by atoms with Gasteiger partial charge in [-0.05, 0) is 24.1 Å². The summed E-state index contributed by atoms with van der Waals surface area (Å²) >= 11 is 0. The lowest BCUT2D eigenvalue weighted by Crippen LogP contribution is -2.00. The number of aliphatic hydroxyl groups is 1. The van der Waals surface area contributed by atoms with Crippen LogP contribution < -0.4 is 9.47 Å². The maximum atomic E-state index is 9.68. The topological polar surface area (TPSA) is 69.4 Å². The summed E-state index contributed by atoms with van der Waals surface area (Å²) < 4.78 is 12.3. The smallest absolute Gasteiger partial charge is 0.231 e. The molecule has 19 heavy (non-hydrogen) atoms. The molecule has 0 radical (unpaired) electrons. The first kappa shape index (κ1) is 12.0. The number of ether oxygens (including phenoxy) is 2. The molecule has 0 bridgehead atoms. The Bertz CT molecular complexity index is 582. The first-order valence-electron chi connectivity index (χ1n) is 6.23. The molecule has 2 aromatic rings. The number of nitrogens with zero attached hydrogens (tertiary/aromatic N) is 3. The number of fused-ring (bicyclic) bond motifs is 1. The van der Waals surface area contributed by atoms with Crippen molar-refractivity contribution in [1.29, 1.82) is 0 Å². The van der Waals surface area contributed by atoms with Gasteiger partial charge in [0.15, 0.2) is 11.5 Å². The number of aliphatic hydroxyl groups excluding tert-OH is 1. The van der Waals surface area contributed by atoms with Gasteiger partial charge in [-0.25, -0.2) is 4.68 Å². The van der Waals surface area contributed by atoms with Crippen LogP contribution in [-0.2, 0) is 6.54 Å². The second-order valence-corrected chi connectivity index (χ2v) is 4.45. The van der Waals surface area contributed by atoms with Crippen LogP contribution in [0.2, 0.25) is 0 Å². The van der Waals surface area contributed by atoms with E-state index in [1.807, 2.05) is 25.1 Å². The van der Waals surface area contributed by atoms with Gasteiger partial charge in [0, 0.05) is 0 Å². The van der Waals surface area contributed by atoms with E-state index in [-0.39, 0.29) is 6.79 Å². The summed E-state index contributed by atoms with van der Waals surface area (Å²) in [7, 11) is 0. The van der Waals surface area contributed by atoms with Crippen molar-refractivity contribution in [1.82, 2.24) is 15.0 Å². The number of benzene rings is 1. The molecule has 6 heteroatoms. The Balaban J connectivity index is 1.76. The molecule has 1 aliphatic heterocycles. The van der Waals surface area contributed by atoms with Crippen molar-refractivity contribution in [2.75, 3.05) is 6.79 Å². The molecule has 0 saturated carbocycles. The summed E-state index contributed by atoms with van der Waals surface area (Å²) in [5.74, 6) is 1.52. The Labute approximate surface area is 110 Å². The van der Waals surface area contributed by atoms with Gasteiger partial charge in [-0.1, -0.05) is 18.2 Å². The normalized spacial score (nSPS) is 14.6. The van der Waals surface area contributed by atoms with Crippen LogP contribution >= 0.6 is 0 Å². The zero-order valence-electron chi connectivity index (χ0n) is 10.6. The van der Waals surface area contributed by atoms with E-state index in [0.717, 1.165) is 17.1 Å². The first-order chi connectivity index (χ1) is 9.26. The highest BCUT2D eigenvalue weighted by molar-refractivity contribution is 5.44. The minimum absolute atomic E-state index is 0.273. The van der Waals surface area contributed by atoms with Crippen molar-refractivity contribution in [2.24, 2.45) is 0 Å². The molecule has 0 aliphatic carbocycles. The van der Waals surface area contributed by atoms with Crippen molar-refractivity contribution >= 4 is 0 Å². The minimum atomic E-state index is -0.550. The monoisotopic (exact) mass is 261 g/mol. The summed E-state index contributed by atoms with van der Waals surface area (Å²) in [6.07, 6.45) is 1.84. The summed E-state index contributed by atoms with van der Waals surface area (Å²) in [5, 5.41) is 17.7. The van der Waals surface area contributed by atoms with E-state index in [9.17, 15) is 5.11 Å². The highest BCUT2D eigenvalue weighted by Crippen LogP contribution is 2.32. The largest absolute Gasteiger partial charge is 0.454 e. The van der Waals surface area contributed by atoms with Crippen molar-refractivity contribution in [3.8, 4) is 11.5 Å². The van der Waals surface area contributed by atoms with Gasteiger partial charge >= 0.3 is 0 Å². The van der Waals surface area contributed by atoms with Crippen molar-refractivity contribution in [2.45, 2.75) is 26.0 Å². The highest BCUT2D eigenvalue weighted by Gasteiger charge is 2.14. The predicted molar refractivity (Wildman–Crippen MR) is 66.9 cm³/mol. The van der Waals surface area contributed by atoms with E-state index in [4.69, 9.17) is 9.47 Å². The van der Waals surface area contributed by atoms with E-state index in [1.165, 1.54) is 0 Å². The van der Waals surface area contributed by atoms with Gasteiger partial charge in [-0.3, -0.25) is 0 Å². The third-order valence-corrected chi connectivity index (χ3v) is 3.07. The third-order valence-electron chi connectivity index (χ3n) is 3.07. The zero-order chi connectivity index (χ0) is 13.2. The van der Waals surface area contributed by atoms with Crippen LogP contribution in [-0.4, -0.2) is 26.9 Å². The highest BCUT2D eigenvalue weighted by atomic mass is 16.7. The van der Waals surface area contributed by atoms with Crippen LogP contribution in [0.15, 0.2) is 24.4 Å². The maximum Gasteiger partial charge on any atom is 0.231 e. The molecule has 6 nitrogen and oxygen atoms in total. The summed E-state index contributed by atoms with van der Waals surface area (Å²) in [4.78, 5) is 0. The molecule has 0 spiro atoms. The fourth-order valence-corrected chi connectivity index (χ4v) is 1.98. The van der Waals surface area contributed by atoms with E-state index in [0.29, 0.717) is 18.7 Å². The first-order valence-corrected chi connectivity index (χ1v) is 6.23. The summed E-state index contributed by atoms with van der Waals surface area (Å²) in [6.45, 7) is 2.76. The summed E-state index contributed by atoms with van der Waals surface area (Å²) in [6, 6.07) is 5.78. The fourth-order valence-electron chi connectivity index (χ4n) is 1.98. The van der Waals surface area contributed by atoms with Crippen LogP contribution in [0.5, 0.6) is 11.5 Å². The fraction of sp³-hybridized carbons (Fsp3) is 0.385. The SMILES string of the molecule is CCC(O)c1cn(Cc2ccc3c(c2)OCO3)nn1. The third kappa shape index (κ3) is 2.39. The Morgan fingerprint density at radius 1 is 1.37 bits per heavy atom. The van der Waals surface area contributed by atoms with Crippen LogP contribution in [0.1, 0.15) is 30.7 Å². The lowest BCUT2D eigenvalue weighted by atomic mass is 10.2. The number of aromatic nitrogens is 3. The molecule has 0 saturated heterocycles. The second kappa shape index (κ2) is 4.89. The van der Waals surface area contributed by atoms with Crippen LogP contribution in [0, 0.1) is 0 Å². The van der Waals surface area contributed by atoms with Crippen LogP contribution in [0.25, 0.3) is 0 Å². The molecule has 1 N–H and O–H groups in total. The quantitative estimate of drug-likeness (QED) is 0.903. The zero-order valence-corrected chi connectivity index (χ0v) is 10.6. The van der Waals surface area contributed by atoms with Crippen molar-refractivity contribution in [3.05, 3.63) is 35.7 Å². The number of rotatable bonds is 4. The average Bonchev–Trinajstić information content (AvgIpc) is 3.06. The second-order valence-electron chi connectivity index (χ2n) is 4.45. The summed E-state index contributed by atoms with van der Waals surface area (Å²) in [5.41, 5.74) is 1.65. The van der Waals surface area contributed by atoms with Crippen LogP contribution in [0.3, 0.4) is 0 Å². The molecule has 1 aromatic carbocycles. The minimum Gasteiger partial charge on any atom is -0.454 e. The molecule has 2 heterocycles. The van der Waals surface area contributed by atoms with E-state index >= 15 is 0 Å². The molecule has 100 valence electrons. The van der Waals surface area contributed by atoms with Gasteiger partial charge in [0.2, 0.25) is 6.79 Å². The van der Waals surface area contributed by atoms with Gasteiger partial charge in [0.05, 0.1) is 18.8 Å². The van der Waals surface area contributed by atoms with Gasteiger partial charge in [0.25, 0.3) is 0 Å². The Hall–Kier alpha value is -2.08. The van der Waals surface area contributed by atoms with Gasteiger partial charge < -0.3 is 14.6 Å². The Morgan fingerprint density at radius 3 is 3.05 bits per heavy atom. The average molecular weight is 261 g/mol. The standard InChI is InChI=1S/C13H15N3O3/c1-2-11(17)10-7-16(15-14-10)6-9-3-4-12-13(5-9)19-8-18-12/h3-5,7,11,17H,2,6,8H2,1H3. The molecule has 1 aromatic heterocycles. The molecule has 1 unspecified atom stereocenters. The number of hydrogen-bond acceptors (Lipinski definition) is 5. The Kier molecular flexibility index (Phi) is 3.08. The molecule has 0 fully saturated rings. The van der Waals surface area contributed by atoms with E-state index in [1.54, 1.807) is 10.9 Å². The lowest BCUT2D eigenvalue weighted by Gasteiger charge is -2.03. The van der Waals surface area contributed by atoms with Crippen molar-refractivity contribution in [3.63, 3.8) is 0 Å². The lowest BCUT2D eigenvalue weighted by molar-refractivity contribution is 0.168. The van der Waals surface area contributed by atoms with Gasteiger partial charge in [-0.15, -0.1) is 5.10 Å². The molecule has 1 aliphatic rings. The number of hydrogen-bond donors (Lipinski definition) is 1. The molecule has 3 rings (SSSR count). The maximum absolute atomic E-state index is 9.68. The van der Waals surface area contributed by atoms with E-state index < -0.39 is 6.10 Å². The van der Waals surface area contributed by atoms with Crippen molar-refractivity contribution < 1.29 is 14.6 Å². The van der Waals surface area contributed by atoms with E-state index in [2.05, 4.69) is 10.3 Å². The van der Waals surface area contributed by atoms with Gasteiger partial charge in [-0.2, -0.15) is 0 Å². The molecular formula is C13H15N3O3. The molecular weight excluding hydrogens is 246 g/mol.